The van der Waals surface area contributed by atoms with Crippen molar-refractivity contribution in [1.82, 2.24) is 15.1 Å². The van der Waals surface area contributed by atoms with Crippen LogP contribution in [-0.2, 0) is 35.0 Å². The third-order valence-corrected chi connectivity index (χ3v) is 16.7. The summed E-state index contributed by atoms with van der Waals surface area (Å²) in [7, 11) is 0. The lowest BCUT2D eigenvalue weighted by Crippen LogP contribution is -2.78. The maximum Gasteiger partial charge on any atom is 0.174 e. The quantitative estimate of drug-likeness (QED) is 0.179. The molecule has 10 nitrogen and oxygen atoms in total. The maximum absolute atomic E-state index is 12.7. The van der Waals surface area contributed by atoms with Crippen molar-refractivity contribution < 1.29 is 34.7 Å². The molecule has 6 fully saturated rings. The Hall–Kier alpha value is -3.67. The van der Waals surface area contributed by atoms with Crippen LogP contribution in [0.25, 0.3) is 0 Å². The van der Waals surface area contributed by atoms with Crippen LogP contribution < -0.4 is 14.8 Å². The smallest absolute Gasteiger partial charge is 0.174 e. The Morgan fingerprint density at radius 3 is 1.82 bits per heavy atom. The van der Waals surface area contributed by atoms with Crippen LogP contribution in [0.15, 0.2) is 54.6 Å². The number of Topliss-reactive ketones (excluding diaryl/α,β-unsaturated/α-hetero) is 1. The molecule has 6 aliphatic carbocycles. The van der Waals surface area contributed by atoms with Crippen molar-refractivity contribution in [1.29, 1.82) is 0 Å². The second kappa shape index (κ2) is 14.4. The number of aromatic hydroxyl groups is 2. The van der Waals surface area contributed by atoms with E-state index in [-0.39, 0.29) is 63.8 Å². The normalized spacial score (nSPS) is 37.0. The number of phenolic OH excluding ortho intramolecular Hbond substituents is 2. The van der Waals surface area contributed by atoms with Gasteiger partial charge in [-0.3, -0.25) is 14.6 Å². The largest absolute Gasteiger partial charge is 0.504 e. The highest BCUT2D eigenvalue weighted by molar-refractivity contribution is 5.90. The summed E-state index contributed by atoms with van der Waals surface area (Å²) in [6.45, 7) is 4.86. The first kappa shape index (κ1) is 41.7. The molecule has 4 saturated carbocycles. The standard InChI is InChI=1S/C27H32N2O3.C20H23NO4.3CH4/c30-21-9-8-19-14-22-27(31)11-10-20(28-15-17-4-2-1-3-5-17)25-26(27,23(19)24(21)32-25)12-13-29(22)16-18-6-7-18;22-13-4-3-12-9-15-20(24)6-5-14(23)18-19(20,16(12)17(13)25-18)7-8-21(15)10-11-1-2-11;;;/h1-5,8-9,18,20,22,25,28,30-31H,6-7,10-16H2;3-4,11,15,18,22,24H,1-2,5-10H2;3*1H4/t20-,22+,25-,26-,27+;15-,18+,19+,20-;;;/m01.../s1. The molecule has 4 aliphatic heterocycles. The summed E-state index contributed by atoms with van der Waals surface area (Å²) in [5, 5.41) is 49.3. The van der Waals surface area contributed by atoms with Crippen molar-refractivity contribution in [2.24, 2.45) is 11.8 Å². The summed E-state index contributed by atoms with van der Waals surface area (Å²) in [4.78, 5) is 17.8. The fourth-order valence-corrected chi connectivity index (χ4v) is 13.8. The van der Waals surface area contributed by atoms with E-state index in [4.69, 9.17) is 9.47 Å². The third kappa shape index (κ3) is 5.52. The first-order valence-electron chi connectivity index (χ1n) is 21.9. The molecule has 0 aromatic heterocycles. The number of phenols is 2. The van der Waals surface area contributed by atoms with Crippen molar-refractivity contribution in [3.63, 3.8) is 0 Å². The number of aliphatic hydroxyl groups is 2. The van der Waals surface area contributed by atoms with Gasteiger partial charge in [-0.1, -0.05) is 64.7 Å². The summed E-state index contributed by atoms with van der Waals surface area (Å²) in [6.07, 6.45) is 10.2. The molecule has 324 valence electrons. The highest BCUT2D eigenvalue weighted by Gasteiger charge is 2.74. The van der Waals surface area contributed by atoms with Gasteiger partial charge in [-0.15, -0.1) is 0 Å². The fourth-order valence-electron chi connectivity index (χ4n) is 13.8. The molecule has 60 heavy (non-hydrogen) atoms. The zero-order valence-electron chi connectivity index (χ0n) is 32.7. The van der Waals surface area contributed by atoms with Gasteiger partial charge in [0.05, 0.1) is 22.0 Å². The number of carbonyl (C=O) groups excluding carboxylic acids is 1. The minimum atomic E-state index is -0.940. The zero-order chi connectivity index (χ0) is 38.5. The maximum atomic E-state index is 12.7. The Balaban J connectivity index is 0.000000151. The van der Waals surface area contributed by atoms with Gasteiger partial charge >= 0.3 is 0 Å². The SMILES string of the molecule is C.C.C.O=C1CC[C@@]2(O)[C@H]3Cc4ccc(O)c5c4[C@@]2(CCN3CC2CC2)[C@H]1O5.Oc1ccc2c3c1O[C@H]1[C@@H](NCc4ccccc4)CC[C@@]4(O)[C@@H](C2)N(CC2CC2)CC[C@]314. The molecular formula is C50H67N3O7. The van der Waals surface area contributed by atoms with E-state index in [1.807, 2.05) is 12.1 Å². The van der Waals surface area contributed by atoms with Crippen molar-refractivity contribution in [3.05, 3.63) is 82.4 Å². The Morgan fingerprint density at radius 2 is 1.22 bits per heavy atom. The lowest BCUT2D eigenvalue weighted by molar-refractivity contribution is -0.191. The van der Waals surface area contributed by atoms with Gasteiger partial charge in [-0.2, -0.15) is 0 Å². The number of likely N-dealkylation sites (tertiary alicyclic amines) is 2. The highest BCUT2D eigenvalue weighted by atomic mass is 16.5. The molecule has 10 heteroatoms. The molecular weight excluding hydrogens is 755 g/mol. The summed E-state index contributed by atoms with van der Waals surface area (Å²) in [5.74, 6) is 3.05. The van der Waals surface area contributed by atoms with Crippen LogP contribution >= 0.6 is 0 Å². The lowest BCUT2D eigenvalue weighted by Gasteiger charge is -2.64. The molecule has 3 aromatic carbocycles. The monoisotopic (exact) mass is 821 g/mol. The molecule has 3 aromatic rings. The fraction of sp³-hybridized carbons (Fsp3) is 0.620. The van der Waals surface area contributed by atoms with E-state index >= 15 is 0 Å². The Bertz CT molecular complexity index is 2160. The molecule has 9 atom stereocenters. The van der Waals surface area contributed by atoms with Gasteiger partial charge < -0.3 is 35.2 Å². The molecule has 0 unspecified atom stereocenters. The van der Waals surface area contributed by atoms with Crippen LogP contribution in [0, 0.1) is 11.8 Å². The second-order valence-electron chi connectivity index (χ2n) is 19.5. The number of nitrogens with zero attached hydrogens (tertiary/aromatic N) is 2. The Kier molecular flexibility index (Phi) is 10.0. The molecule has 13 rings (SSSR count). The average molecular weight is 822 g/mol. The predicted octanol–water partition coefficient (Wildman–Crippen LogP) is 6.55. The van der Waals surface area contributed by atoms with E-state index in [0.29, 0.717) is 24.3 Å². The molecule has 0 amide bonds. The Labute approximate surface area is 356 Å². The number of hydrogen-bond acceptors (Lipinski definition) is 10. The molecule has 4 heterocycles. The molecule has 4 bridgehead atoms. The van der Waals surface area contributed by atoms with Crippen LogP contribution in [0.2, 0.25) is 0 Å². The molecule has 2 saturated heterocycles. The molecule has 2 spiro atoms. The van der Waals surface area contributed by atoms with Crippen molar-refractivity contribution in [2.45, 2.75) is 158 Å². The minimum absolute atomic E-state index is 0. The molecule has 0 radical (unpaired) electrons. The van der Waals surface area contributed by atoms with Gasteiger partial charge in [0, 0.05) is 55.3 Å². The van der Waals surface area contributed by atoms with Crippen LogP contribution in [0.1, 0.15) is 114 Å². The van der Waals surface area contributed by atoms with E-state index in [9.17, 15) is 25.2 Å². The second-order valence-corrected chi connectivity index (χ2v) is 19.5. The number of nitrogens with one attached hydrogen (secondary N) is 1. The van der Waals surface area contributed by atoms with Crippen LogP contribution in [0.4, 0.5) is 0 Å². The summed E-state index contributed by atoms with van der Waals surface area (Å²) in [5.41, 5.74) is 2.84. The van der Waals surface area contributed by atoms with Gasteiger partial charge in [0.25, 0.3) is 0 Å². The third-order valence-electron chi connectivity index (χ3n) is 16.7. The lowest BCUT2D eigenvalue weighted by atomic mass is 9.48. The average Bonchev–Trinajstić information content (AvgIpc) is 4.14. The first-order valence-corrected chi connectivity index (χ1v) is 21.9. The van der Waals surface area contributed by atoms with E-state index in [1.54, 1.807) is 12.1 Å². The van der Waals surface area contributed by atoms with Gasteiger partial charge in [0.15, 0.2) is 34.9 Å². The van der Waals surface area contributed by atoms with Gasteiger partial charge in [-0.25, -0.2) is 0 Å². The zero-order valence-corrected chi connectivity index (χ0v) is 32.7. The number of hydrogen-bond donors (Lipinski definition) is 5. The van der Waals surface area contributed by atoms with Crippen molar-refractivity contribution >= 4 is 5.78 Å². The van der Waals surface area contributed by atoms with Crippen LogP contribution in [0.3, 0.4) is 0 Å². The van der Waals surface area contributed by atoms with Crippen molar-refractivity contribution in [2.75, 3.05) is 26.2 Å². The summed E-state index contributed by atoms with van der Waals surface area (Å²) in [6, 6.07) is 18.3. The molecule has 10 aliphatic rings. The summed E-state index contributed by atoms with van der Waals surface area (Å²) >= 11 is 0. The van der Waals surface area contributed by atoms with E-state index in [0.717, 1.165) is 99.8 Å². The topological polar surface area (TPSA) is 135 Å². The predicted molar refractivity (Wildman–Crippen MR) is 232 cm³/mol. The number of piperidine rings is 2. The number of carbonyl (C=O) groups is 1. The molecule has 5 N–H and O–H groups in total. The van der Waals surface area contributed by atoms with E-state index in [1.165, 1.54) is 36.8 Å². The van der Waals surface area contributed by atoms with Crippen molar-refractivity contribution in [3.8, 4) is 23.0 Å². The van der Waals surface area contributed by atoms with E-state index in [2.05, 4.69) is 45.4 Å². The number of ketones is 1. The number of rotatable bonds is 7. The highest BCUT2D eigenvalue weighted by Crippen LogP contribution is 2.67. The van der Waals surface area contributed by atoms with Gasteiger partial charge in [-0.05, 0) is 124 Å². The van der Waals surface area contributed by atoms with Crippen LogP contribution in [-0.4, -0.2) is 104 Å². The van der Waals surface area contributed by atoms with Gasteiger partial charge in [0.1, 0.15) is 6.10 Å². The number of ether oxygens (including phenoxy) is 2. The minimum Gasteiger partial charge on any atom is -0.504 e. The Morgan fingerprint density at radius 1 is 0.667 bits per heavy atom. The number of benzene rings is 3. The van der Waals surface area contributed by atoms with E-state index < -0.39 is 28.1 Å². The first-order chi connectivity index (χ1) is 27.6. The van der Waals surface area contributed by atoms with Crippen LogP contribution in [0.5, 0.6) is 23.0 Å². The van der Waals surface area contributed by atoms with Gasteiger partial charge in [0.2, 0.25) is 0 Å². The summed E-state index contributed by atoms with van der Waals surface area (Å²) < 4.78 is 12.7.